The summed E-state index contributed by atoms with van der Waals surface area (Å²) in [5.74, 6) is 0.347. The normalized spacial score (nSPS) is 10.2. The Kier molecular flexibility index (Phi) is 9.02. The first-order chi connectivity index (χ1) is 15.0. The molecule has 0 atom stereocenters. The highest BCUT2D eigenvalue weighted by Gasteiger charge is 2.14. The van der Waals surface area contributed by atoms with Crippen LogP contribution in [-0.4, -0.2) is 33.4 Å². The SMILES string of the molecule is CC.CCc1cccc(-c2cnc(C(C)=O)c(NC(=O)CNCc3nnc(C)o3)c2)c1. The lowest BCUT2D eigenvalue weighted by atomic mass is 10.0. The van der Waals surface area contributed by atoms with Crippen LogP contribution in [0.5, 0.6) is 0 Å². The van der Waals surface area contributed by atoms with Gasteiger partial charge < -0.3 is 9.73 Å². The van der Waals surface area contributed by atoms with Crippen LogP contribution < -0.4 is 10.6 Å². The second-order valence-corrected chi connectivity index (χ2v) is 6.60. The molecule has 3 rings (SSSR count). The molecule has 3 aromatic rings. The molecule has 164 valence electrons. The molecule has 0 saturated heterocycles. The van der Waals surface area contributed by atoms with Gasteiger partial charge in [-0.1, -0.05) is 45.0 Å². The number of anilines is 1. The molecule has 0 radical (unpaired) electrons. The lowest BCUT2D eigenvalue weighted by Gasteiger charge is -2.12. The van der Waals surface area contributed by atoms with E-state index in [4.69, 9.17) is 4.42 Å². The smallest absolute Gasteiger partial charge is 0.238 e. The average Bonchev–Trinajstić information content (AvgIpc) is 3.20. The Bertz CT molecular complexity index is 1030. The van der Waals surface area contributed by atoms with Crippen molar-refractivity contribution in [2.75, 3.05) is 11.9 Å². The first kappa shape index (κ1) is 23.9. The number of nitrogens with one attached hydrogen (secondary N) is 2. The Morgan fingerprint density at radius 1 is 1.10 bits per heavy atom. The number of pyridine rings is 1. The van der Waals surface area contributed by atoms with Crippen molar-refractivity contribution < 1.29 is 14.0 Å². The molecule has 1 aromatic carbocycles. The number of hydrogen-bond donors (Lipinski definition) is 2. The fraction of sp³-hybridized carbons (Fsp3) is 0.348. The van der Waals surface area contributed by atoms with Crippen molar-refractivity contribution in [3.05, 3.63) is 59.6 Å². The third-order valence-corrected chi connectivity index (χ3v) is 4.29. The Balaban J connectivity index is 0.00000166. The van der Waals surface area contributed by atoms with E-state index in [1.165, 1.54) is 12.5 Å². The zero-order chi connectivity index (χ0) is 22.8. The first-order valence-electron chi connectivity index (χ1n) is 10.4. The van der Waals surface area contributed by atoms with Gasteiger partial charge in [0.05, 0.1) is 18.8 Å². The van der Waals surface area contributed by atoms with E-state index >= 15 is 0 Å². The van der Waals surface area contributed by atoms with Crippen molar-refractivity contribution in [1.82, 2.24) is 20.5 Å². The van der Waals surface area contributed by atoms with Crippen molar-refractivity contribution in [2.45, 2.75) is 47.6 Å². The summed E-state index contributed by atoms with van der Waals surface area (Å²) in [5, 5.41) is 13.3. The van der Waals surface area contributed by atoms with Crippen molar-refractivity contribution in [3.8, 4) is 11.1 Å². The number of aryl methyl sites for hydroxylation is 2. The van der Waals surface area contributed by atoms with Gasteiger partial charge >= 0.3 is 0 Å². The van der Waals surface area contributed by atoms with Crippen LogP contribution >= 0.6 is 0 Å². The summed E-state index contributed by atoms with van der Waals surface area (Å²) in [4.78, 5) is 28.6. The second-order valence-electron chi connectivity index (χ2n) is 6.60. The minimum Gasteiger partial charge on any atom is -0.424 e. The van der Waals surface area contributed by atoms with Gasteiger partial charge in [-0.15, -0.1) is 10.2 Å². The molecular formula is C23H29N5O3. The molecule has 2 aromatic heterocycles. The largest absolute Gasteiger partial charge is 0.424 e. The zero-order valence-corrected chi connectivity index (χ0v) is 18.7. The molecule has 2 heterocycles. The maximum atomic E-state index is 12.4. The zero-order valence-electron chi connectivity index (χ0n) is 18.7. The van der Waals surface area contributed by atoms with Crippen LogP contribution in [0.1, 0.15) is 55.5 Å². The Morgan fingerprint density at radius 3 is 2.52 bits per heavy atom. The number of carbonyl (C=O) groups excluding carboxylic acids is 2. The molecule has 0 saturated carbocycles. The van der Waals surface area contributed by atoms with Gasteiger partial charge in [0.25, 0.3) is 0 Å². The predicted molar refractivity (Wildman–Crippen MR) is 120 cm³/mol. The standard InChI is InChI=1S/C21H23N5O3.C2H6/c1-4-15-6-5-7-16(8-15)17-9-18(21(13(2)27)23-10-17)24-19(28)11-22-12-20-26-25-14(3)29-20;1-2/h5-10,22H,4,11-12H2,1-3H3,(H,24,28);1-2H3. The van der Waals surface area contributed by atoms with Crippen molar-refractivity contribution in [1.29, 1.82) is 0 Å². The summed E-state index contributed by atoms with van der Waals surface area (Å²) in [5.41, 5.74) is 3.62. The second kappa shape index (κ2) is 11.7. The Morgan fingerprint density at radius 2 is 1.87 bits per heavy atom. The van der Waals surface area contributed by atoms with Gasteiger partial charge in [0.15, 0.2) is 5.78 Å². The number of benzene rings is 1. The number of aromatic nitrogens is 3. The molecule has 0 aliphatic carbocycles. The summed E-state index contributed by atoms with van der Waals surface area (Å²) >= 11 is 0. The van der Waals surface area contributed by atoms with E-state index in [0.29, 0.717) is 17.5 Å². The number of rotatable bonds is 8. The van der Waals surface area contributed by atoms with Crippen LogP contribution in [0.4, 0.5) is 5.69 Å². The summed E-state index contributed by atoms with van der Waals surface area (Å²) in [7, 11) is 0. The maximum absolute atomic E-state index is 12.4. The van der Waals surface area contributed by atoms with E-state index in [1.54, 1.807) is 19.2 Å². The molecule has 31 heavy (non-hydrogen) atoms. The van der Waals surface area contributed by atoms with Crippen molar-refractivity contribution in [2.24, 2.45) is 0 Å². The molecule has 1 amide bonds. The van der Waals surface area contributed by atoms with E-state index in [9.17, 15) is 9.59 Å². The van der Waals surface area contributed by atoms with Crippen LogP contribution in [0.15, 0.2) is 40.9 Å². The maximum Gasteiger partial charge on any atom is 0.238 e. The minimum atomic E-state index is -0.301. The molecule has 8 heteroatoms. The number of Topliss-reactive ketones (excluding diaryl/α,β-unsaturated/α-hetero) is 1. The van der Waals surface area contributed by atoms with E-state index in [2.05, 4.69) is 44.9 Å². The quantitative estimate of drug-likeness (QED) is 0.528. The van der Waals surface area contributed by atoms with Crippen LogP contribution in [0.2, 0.25) is 0 Å². The monoisotopic (exact) mass is 423 g/mol. The Labute approximate surface area is 182 Å². The molecule has 8 nitrogen and oxygen atoms in total. The van der Waals surface area contributed by atoms with Crippen molar-refractivity contribution >= 4 is 17.4 Å². The highest BCUT2D eigenvalue weighted by Crippen LogP contribution is 2.25. The number of ketones is 1. The summed E-state index contributed by atoms with van der Waals surface area (Å²) in [6, 6.07) is 9.86. The number of amides is 1. The van der Waals surface area contributed by atoms with Gasteiger partial charge in [-0.3, -0.25) is 19.9 Å². The third kappa shape index (κ3) is 6.82. The van der Waals surface area contributed by atoms with Gasteiger partial charge in [0, 0.05) is 25.6 Å². The van der Waals surface area contributed by atoms with E-state index < -0.39 is 0 Å². The van der Waals surface area contributed by atoms with Crippen molar-refractivity contribution in [3.63, 3.8) is 0 Å². The average molecular weight is 424 g/mol. The molecule has 0 spiro atoms. The van der Waals surface area contributed by atoms with Crippen LogP contribution in [0, 0.1) is 6.92 Å². The minimum absolute atomic E-state index is 0.0221. The summed E-state index contributed by atoms with van der Waals surface area (Å²) < 4.78 is 5.25. The molecule has 0 fully saturated rings. The van der Waals surface area contributed by atoms with Gasteiger partial charge in [-0.25, -0.2) is 0 Å². The highest BCUT2D eigenvalue weighted by molar-refractivity contribution is 6.03. The summed E-state index contributed by atoms with van der Waals surface area (Å²) in [6.45, 7) is 9.50. The summed E-state index contributed by atoms with van der Waals surface area (Å²) in [6.07, 6.45) is 2.57. The topological polar surface area (TPSA) is 110 Å². The van der Waals surface area contributed by atoms with Crippen LogP contribution in [0.3, 0.4) is 0 Å². The van der Waals surface area contributed by atoms with Gasteiger partial charge in [0.1, 0.15) is 5.69 Å². The molecular weight excluding hydrogens is 394 g/mol. The van der Waals surface area contributed by atoms with Gasteiger partial charge in [-0.05, 0) is 23.6 Å². The van der Waals surface area contributed by atoms with Gasteiger partial charge in [-0.2, -0.15) is 0 Å². The molecule has 0 aliphatic heterocycles. The Hall–Kier alpha value is -3.39. The lowest BCUT2D eigenvalue weighted by Crippen LogP contribution is -2.28. The third-order valence-electron chi connectivity index (χ3n) is 4.29. The van der Waals surface area contributed by atoms with Crippen LogP contribution in [0.25, 0.3) is 11.1 Å². The number of hydrogen-bond acceptors (Lipinski definition) is 7. The molecule has 0 unspecified atom stereocenters. The fourth-order valence-corrected chi connectivity index (χ4v) is 2.86. The predicted octanol–water partition coefficient (Wildman–Crippen LogP) is 3.96. The lowest BCUT2D eigenvalue weighted by molar-refractivity contribution is -0.115. The van der Waals surface area contributed by atoms with E-state index in [-0.39, 0.29) is 30.5 Å². The van der Waals surface area contributed by atoms with E-state index in [0.717, 1.165) is 17.5 Å². The van der Waals surface area contributed by atoms with E-state index in [1.807, 2.05) is 26.0 Å². The van der Waals surface area contributed by atoms with Crippen LogP contribution in [-0.2, 0) is 17.8 Å². The molecule has 2 N–H and O–H groups in total. The highest BCUT2D eigenvalue weighted by atomic mass is 16.4. The fourth-order valence-electron chi connectivity index (χ4n) is 2.86. The molecule has 0 bridgehead atoms. The first-order valence-corrected chi connectivity index (χ1v) is 10.4. The molecule has 0 aliphatic rings. The van der Waals surface area contributed by atoms with Gasteiger partial charge in [0.2, 0.25) is 17.7 Å². The number of nitrogens with zero attached hydrogens (tertiary/aromatic N) is 3. The number of carbonyl (C=O) groups is 2.